The van der Waals surface area contributed by atoms with E-state index in [1.54, 1.807) is 0 Å². The van der Waals surface area contributed by atoms with Gasteiger partial charge in [-0.2, -0.15) is 0 Å². The molecule has 1 rings (SSSR count). The fraction of sp³-hybridized carbons (Fsp3) is 0.364. The van der Waals surface area contributed by atoms with Gasteiger partial charge in [0.05, 0.1) is 5.56 Å². The Balaban J connectivity index is 2.43. The van der Waals surface area contributed by atoms with Gasteiger partial charge < -0.3 is 9.64 Å². The fourth-order valence-corrected chi connectivity index (χ4v) is 0.990. The van der Waals surface area contributed by atoms with E-state index in [1.165, 1.54) is 24.3 Å². The van der Waals surface area contributed by atoms with Crippen LogP contribution in [0, 0.1) is 5.82 Å². The van der Waals surface area contributed by atoms with Crippen LogP contribution in [0.5, 0.6) is 0 Å². The zero-order valence-electron chi connectivity index (χ0n) is 8.87. The molecule has 0 atom stereocenters. The van der Waals surface area contributed by atoms with Crippen LogP contribution in [-0.4, -0.2) is 38.1 Å². The number of benzene rings is 1. The number of nitrogens with zero attached hydrogens (tertiary/aromatic N) is 1. The van der Waals surface area contributed by atoms with Gasteiger partial charge >= 0.3 is 5.97 Å². The number of rotatable bonds is 4. The van der Waals surface area contributed by atoms with Crippen molar-refractivity contribution in [1.29, 1.82) is 0 Å². The van der Waals surface area contributed by atoms with Gasteiger partial charge in [-0.15, -0.1) is 0 Å². The van der Waals surface area contributed by atoms with Crippen molar-refractivity contribution in [3.63, 3.8) is 0 Å². The fourth-order valence-electron chi connectivity index (χ4n) is 0.990. The number of hydrogen-bond donors (Lipinski definition) is 0. The molecule has 0 radical (unpaired) electrons. The largest absolute Gasteiger partial charge is 0.461 e. The Bertz CT molecular complexity index is 322. The Kier molecular flexibility index (Phi) is 4.24. The maximum absolute atomic E-state index is 12.5. The molecule has 0 heterocycles. The molecule has 0 N–H and O–H groups in total. The summed E-state index contributed by atoms with van der Waals surface area (Å²) in [6.45, 7) is 1.01. The van der Waals surface area contributed by atoms with Crippen LogP contribution >= 0.6 is 0 Å². The van der Waals surface area contributed by atoms with Crippen molar-refractivity contribution in [1.82, 2.24) is 4.90 Å². The van der Waals surface area contributed by atoms with Crippen molar-refractivity contribution in [3.8, 4) is 0 Å². The SMILES string of the molecule is CN(C)CCOC(=O)c1ccc(F)cc1. The zero-order valence-corrected chi connectivity index (χ0v) is 8.87. The van der Waals surface area contributed by atoms with Crippen molar-refractivity contribution >= 4 is 5.97 Å². The summed E-state index contributed by atoms with van der Waals surface area (Å²) >= 11 is 0. The Morgan fingerprint density at radius 2 is 1.93 bits per heavy atom. The minimum absolute atomic E-state index is 0.337. The number of esters is 1. The quantitative estimate of drug-likeness (QED) is 0.707. The molecule has 0 unspecified atom stereocenters. The highest BCUT2D eigenvalue weighted by molar-refractivity contribution is 5.89. The minimum Gasteiger partial charge on any atom is -0.461 e. The van der Waals surface area contributed by atoms with Gasteiger partial charge in [-0.3, -0.25) is 0 Å². The van der Waals surface area contributed by atoms with Gasteiger partial charge in [0.25, 0.3) is 0 Å². The maximum Gasteiger partial charge on any atom is 0.338 e. The van der Waals surface area contributed by atoms with Crippen molar-refractivity contribution in [3.05, 3.63) is 35.6 Å². The molecule has 1 aromatic carbocycles. The lowest BCUT2D eigenvalue weighted by atomic mass is 10.2. The van der Waals surface area contributed by atoms with E-state index in [1.807, 2.05) is 19.0 Å². The summed E-state index contributed by atoms with van der Waals surface area (Å²) in [7, 11) is 3.79. The van der Waals surface area contributed by atoms with Crippen LogP contribution in [0.2, 0.25) is 0 Å². The first-order valence-corrected chi connectivity index (χ1v) is 4.67. The first-order chi connectivity index (χ1) is 7.09. The molecule has 0 aliphatic rings. The minimum atomic E-state index is -0.420. The monoisotopic (exact) mass is 211 g/mol. The molecule has 3 nitrogen and oxygen atoms in total. The average molecular weight is 211 g/mol. The molecule has 0 aromatic heterocycles. The standard InChI is InChI=1S/C11H14FNO2/c1-13(2)7-8-15-11(14)9-3-5-10(12)6-4-9/h3-6H,7-8H2,1-2H3. The number of likely N-dealkylation sites (N-methyl/N-ethyl adjacent to an activating group) is 1. The van der Waals surface area contributed by atoms with Gasteiger partial charge in [0.1, 0.15) is 12.4 Å². The predicted molar refractivity (Wildman–Crippen MR) is 55.2 cm³/mol. The van der Waals surface area contributed by atoms with Crippen LogP contribution in [-0.2, 0) is 4.74 Å². The van der Waals surface area contributed by atoms with Gasteiger partial charge in [-0.05, 0) is 38.4 Å². The second-order valence-electron chi connectivity index (χ2n) is 3.45. The van der Waals surface area contributed by atoms with Gasteiger partial charge in [0.15, 0.2) is 0 Å². The molecule has 0 saturated carbocycles. The number of carbonyl (C=O) groups excluding carboxylic acids is 1. The average Bonchev–Trinajstić information content (AvgIpc) is 2.18. The zero-order chi connectivity index (χ0) is 11.3. The van der Waals surface area contributed by atoms with E-state index in [-0.39, 0.29) is 5.82 Å². The molecule has 0 aliphatic heterocycles. The lowest BCUT2D eigenvalue weighted by molar-refractivity contribution is 0.0482. The van der Waals surface area contributed by atoms with E-state index < -0.39 is 5.97 Å². The summed E-state index contributed by atoms with van der Waals surface area (Å²) in [6, 6.07) is 5.30. The normalized spacial score (nSPS) is 10.4. The van der Waals surface area contributed by atoms with Crippen LogP contribution in [0.3, 0.4) is 0 Å². The summed E-state index contributed by atoms with van der Waals surface area (Å²) in [6.07, 6.45) is 0. The molecule has 0 saturated heterocycles. The van der Waals surface area contributed by atoms with E-state index in [4.69, 9.17) is 4.74 Å². The number of carbonyl (C=O) groups is 1. The Hall–Kier alpha value is -1.42. The highest BCUT2D eigenvalue weighted by Gasteiger charge is 2.06. The molecular formula is C11H14FNO2. The Morgan fingerprint density at radius 1 is 1.33 bits per heavy atom. The molecule has 0 aliphatic carbocycles. The second kappa shape index (κ2) is 5.46. The summed E-state index contributed by atoms with van der Waals surface area (Å²) in [4.78, 5) is 13.3. The molecular weight excluding hydrogens is 197 g/mol. The molecule has 0 bridgehead atoms. The highest BCUT2D eigenvalue weighted by atomic mass is 19.1. The first kappa shape index (κ1) is 11.7. The van der Waals surface area contributed by atoms with Gasteiger partial charge in [-0.1, -0.05) is 0 Å². The van der Waals surface area contributed by atoms with Crippen molar-refractivity contribution in [2.24, 2.45) is 0 Å². The van der Waals surface area contributed by atoms with Crippen LogP contribution < -0.4 is 0 Å². The number of hydrogen-bond acceptors (Lipinski definition) is 3. The maximum atomic E-state index is 12.5. The smallest absolute Gasteiger partial charge is 0.338 e. The first-order valence-electron chi connectivity index (χ1n) is 4.67. The molecule has 82 valence electrons. The van der Waals surface area contributed by atoms with E-state index in [0.29, 0.717) is 18.7 Å². The third-order valence-electron chi connectivity index (χ3n) is 1.85. The molecule has 0 amide bonds. The van der Waals surface area contributed by atoms with Gasteiger partial charge in [0, 0.05) is 6.54 Å². The number of halogens is 1. The molecule has 0 spiro atoms. The molecule has 15 heavy (non-hydrogen) atoms. The summed E-state index contributed by atoms with van der Waals surface area (Å²) in [5, 5.41) is 0. The summed E-state index contributed by atoms with van der Waals surface area (Å²) < 4.78 is 17.5. The van der Waals surface area contributed by atoms with E-state index >= 15 is 0 Å². The third-order valence-corrected chi connectivity index (χ3v) is 1.85. The molecule has 1 aromatic rings. The van der Waals surface area contributed by atoms with Crippen molar-refractivity contribution in [2.75, 3.05) is 27.2 Å². The van der Waals surface area contributed by atoms with Gasteiger partial charge in [-0.25, -0.2) is 9.18 Å². The summed E-state index contributed by atoms with van der Waals surface area (Å²) in [5.74, 6) is -0.781. The molecule has 4 heteroatoms. The third kappa shape index (κ3) is 4.08. The lowest BCUT2D eigenvalue weighted by Gasteiger charge is -2.09. The predicted octanol–water partition coefficient (Wildman–Crippen LogP) is 1.54. The van der Waals surface area contributed by atoms with Crippen molar-refractivity contribution in [2.45, 2.75) is 0 Å². The van der Waals surface area contributed by atoms with Gasteiger partial charge in [0.2, 0.25) is 0 Å². The topological polar surface area (TPSA) is 29.5 Å². The van der Waals surface area contributed by atoms with Crippen LogP contribution in [0.15, 0.2) is 24.3 Å². The van der Waals surface area contributed by atoms with Crippen molar-refractivity contribution < 1.29 is 13.9 Å². The summed E-state index contributed by atoms with van der Waals surface area (Å²) in [5.41, 5.74) is 0.371. The highest BCUT2D eigenvalue weighted by Crippen LogP contribution is 2.04. The lowest BCUT2D eigenvalue weighted by Crippen LogP contribution is -2.20. The van der Waals surface area contributed by atoms with Crippen LogP contribution in [0.25, 0.3) is 0 Å². The molecule has 0 fully saturated rings. The van der Waals surface area contributed by atoms with E-state index in [2.05, 4.69) is 0 Å². The van der Waals surface area contributed by atoms with E-state index in [0.717, 1.165) is 0 Å². The van der Waals surface area contributed by atoms with Crippen LogP contribution in [0.1, 0.15) is 10.4 Å². The van der Waals surface area contributed by atoms with Crippen LogP contribution in [0.4, 0.5) is 4.39 Å². The number of ether oxygens (including phenoxy) is 1. The Morgan fingerprint density at radius 3 is 2.47 bits per heavy atom. The second-order valence-corrected chi connectivity index (χ2v) is 3.45. The van der Waals surface area contributed by atoms with E-state index in [9.17, 15) is 9.18 Å². The Labute approximate surface area is 88.5 Å².